The van der Waals surface area contributed by atoms with Gasteiger partial charge in [-0.15, -0.1) is 0 Å². The number of nitrogens with two attached hydrogens (primary N) is 1. The summed E-state index contributed by atoms with van der Waals surface area (Å²) >= 11 is 0. The highest BCUT2D eigenvalue weighted by Gasteiger charge is 2.29. The van der Waals surface area contributed by atoms with Gasteiger partial charge in [0.2, 0.25) is 0 Å². The Morgan fingerprint density at radius 3 is 2.67 bits per heavy atom. The molecule has 0 amide bonds. The first-order chi connectivity index (χ1) is 10.2. The predicted octanol–water partition coefficient (Wildman–Crippen LogP) is 2.49. The maximum absolute atomic E-state index is 6.24. The van der Waals surface area contributed by atoms with Crippen molar-refractivity contribution in [3.8, 4) is 0 Å². The Hall–Kier alpha value is -0.900. The number of piperazine rings is 1. The molecule has 1 aromatic carbocycles. The van der Waals surface area contributed by atoms with E-state index in [1.54, 1.807) is 0 Å². The van der Waals surface area contributed by atoms with Gasteiger partial charge in [0.05, 0.1) is 0 Å². The van der Waals surface area contributed by atoms with Crippen molar-refractivity contribution in [2.45, 2.75) is 37.8 Å². The summed E-state index contributed by atoms with van der Waals surface area (Å²) in [7, 11) is 2.24. The average Bonchev–Trinajstić information content (AvgIpc) is 2.92. The molecule has 21 heavy (non-hydrogen) atoms. The molecule has 2 aliphatic rings. The molecule has 1 heterocycles. The van der Waals surface area contributed by atoms with E-state index in [2.05, 4.69) is 47.2 Å². The summed E-state index contributed by atoms with van der Waals surface area (Å²) in [6, 6.07) is 12.0. The molecule has 0 spiro atoms. The highest BCUT2D eigenvalue weighted by molar-refractivity contribution is 5.20. The van der Waals surface area contributed by atoms with E-state index < -0.39 is 0 Å². The number of hydrogen-bond acceptors (Lipinski definition) is 3. The SMILES string of the molecule is CN1CCN(CCC2CCCC2N)C(c2ccccc2)C1. The third-order valence-electron chi connectivity index (χ3n) is 5.38. The zero-order valence-corrected chi connectivity index (χ0v) is 13.2. The maximum Gasteiger partial charge on any atom is 0.0475 e. The molecule has 116 valence electrons. The van der Waals surface area contributed by atoms with Gasteiger partial charge in [-0.05, 0) is 44.3 Å². The molecule has 2 N–H and O–H groups in total. The summed E-state index contributed by atoms with van der Waals surface area (Å²) in [5.74, 6) is 0.751. The van der Waals surface area contributed by atoms with E-state index in [-0.39, 0.29) is 0 Å². The lowest BCUT2D eigenvalue weighted by atomic mass is 9.97. The van der Waals surface area contributed by atoms with Crippen molar-refractivity contribution in [2.24, 2.45) is 11.7 Å². The van der Waals surface area contributed by atoms with Crippen LogP contribution in [0, 0.1) is 5.92 Å². The lowest BCUT2D eigenvalue weighted by molar-refractivity contribution is 0.0837. The fourth-order valence-electron chi connectivity index (χ4n) is 3.97. The molecular weight excluding hydrogens is 258 g/mol. The largest absolute Gasteiger partial charge is 0.327 e. The molecule has 1 saturated heterocycles. The van der Waals surface area contributed by atoms with Crippen LogP contribution in [0.3, 0.4) is 0 Å². The average molecular weight is 287 g/mol. The van der Waals surface area contributed by atoms with Crippen LogP contribution in [-0.2, 0) is 0 Å². The molecule has 1 aromatic rings. The Morgan fingerprint density at radius 1 is 1.14 bits per heavy atom. The van der Waals surface area contributed by atoms with Crippen LogP contribution in [-0.4, -0.2) is 49.1 Å². The summed E-state index contributed by atoms with van der Waals surface area (Å²) in [6.07, 6.45) is 5.17. The summed E-state index contributed by atoms with van der Waals surface area (Å²) < 4.78 is 0. The predicted molar refractivity (Wildman–Crippen MR) is 88.2 cm³/mol. The molecule has 3 atom stereocenters. The van der Waals surface area contributed by atoms with Crippen LogP contribution in [0.2, 0.25) is 0 Å². The van der Waals surface area contributed by atoms with Crippen LogP contribution in [0.4, 0.5) is 0 Å². The van der Waals surface area contributed by atoms with Gasteiger partial charge >= 0.3 is 0 Å². The maximum atomic E-state index is 6.24. The normalized spacial score (nSPS) is 31.6. The summed E-state index contributed by atoms with van der Waals surface area (Å²) in [5, 5.41) is 0. The number of likely N-dealkylation sites (N-methyl/N-ethyl adjacent to an activating group) is 1. The van der Waals surface area contributed by atoms with Crippen LogP contribution in [0.5, 0.6) is 0 Å². The van der Waals surface area contributed by atoms with Crippen LogP contribution in [0.15, 0.2) is 30.3 Å². The van der Waals surface area contributed by atoms with Crippen LogP contribution < -0.4 is 5.73 Å². The van der Waals surface area contributed by atoms with Crippen molar-refractivity contribution in [1.29, 1.82) is 0 Å². The first-order valence-electron chi connectivity index (χ1n) is 8.47. The summed E-state index contributed by atoms with van der Waals surface area (Å²) in [6.45, 7) is 4.70. The van der Waals surface area contributed by atoms with Gasteiger partial charge in [-0.3, -0.25) is 4.90 Å². The molecular formula is C18H29N3. The Labute approximate surface area is 129 Å². The molecule has 3 heteroatoms. The first kappa shape index (κ1) is 15.0. The van der Waals surface area contributed by atoms with Gasteiger partial charge in [0, 0.05) is 31.7 Å². The minimum Gasteiger partial charge on any atom is -0.327 e. The second-order valence-electron chi connectivity index (χ2n) is 6.87. The fraction of sp³-hybridized carbons (Fsp3) is 0.667. The van der Waals surface area contributed by atoms with Gasteiger partial charge in [-0.25, -0.2) is 0 Å². The van der Waals surface area contributed by atoms with Crippen molar-refractivity contribution in [3.05, 3.63) is 35.9 Å². The van der Waals surface area contributed by atoms with E-state index in [9.17, 15) is 0 Å². The molecule has 1 aliphatic heterocycles. The van der Waals surface area contributed by atoms with E-state index in [1.165, 1.54) is 50.9 Å². The minimum atomic E-state index is 0.452. The monoisotopic (exact) mass is 287 g/mol. The number of hydrogen-bond donors (Lipinski definition) is 1. The fourth-order valence-corrected chi connectivity index (χ4v) is 3.97. The zero-order valence-electron chi connectivity index (χ0n) is 13.2. The molecule has 3 unspecified atom stereocenters. The molecule has 1 aliphatic carbocycles. The molecule has 3 nitrogen and oxygen atoms in total. The van der Waals surface area contributed by atoms with Gasteiger partial charge in [-0.2, -0.15) is 0 Å². The van der Waals surface area contributed by atoms with Crippen molar-refractivity contribution < 1.29 is 0 Å². The number of benzene rings is 1. The summed E-state index contributed by atoms with van der Waals surface area (Å²) in [4.78, 5) is 5.13. The van der Waals surface area contributed by atoms with Gasteiger partial charge in [0.25, 0.3) is 0 Å². The van der Waals surface area contributed by atoms with Crippen molar-refractivity contribution in [3.63, 3.8) is 0 Å². The molecule has 0 bridgehead atoms. The molecule has 2 fully saturated rings. The second kappa shape index (κ2) is 6.91. The second-order valence-corrected chi connectivity index (χ2v) is 6.87. The number of nitrogens with zero attached hydrogens (tertiary/aromatic N) is 2. The van der Waals surface area contributed by atoms with E-state index in [1.807, 2.05) is 0 Å². The van der Waals surface area contributed by atoms with Crippen LogP contribution >= 0.6 is 0 Å². The van der Waals surface area contributed by atoms with E-state index in [4.69, 9.17) is 5.73 Å². The van der Waals surface area contributed by atoms with Gasteiger partial charge in [-0.1, -0.05) is 36.8 Å². The van der Waals surface area contributed by atoms with Gasteiger partial charge in [0.1, 0.15) is 0 Å². The highest BCUT2D eigenvalue weighted by Crippen LogP contribution is 2.30. The lowest BCUT2D eigenvalue weighted by Gasteiger charge is -2.41. The summed E-state index contributed by atoms with van der Waals surface area (Å²) in [5.41, 5.74) is 7.69. The first-order valence-corrected chi connectivity index (χ1v) is 8.47. The van der Waals surface area contributed by atoms with E-state index >= 15 is 0 Å². The topological polar surface area (TPSA) is 32.5 Å². The van der Waals surface area contributed by atoms with E-state index in [0.717, 1.165) is 12.5 Å². The number of rotatable bonds is 4. The standard InChI is InChI=1S/C18H29N3/c1-20-12-13-21(11-10-15-8-5-9-17(15)19)18(14-20)16-6-3-2-4-7-16/h2-4,6-7,15,17-18H,5,8-14,19H2,1H3. The van der Waals surface area contributed by atoms with Crippen molar-refractivity contribution in [1.82, 2.24) is 9.80 Å². The third-order valence-corrected chi connectivity index (χ3v) is 5.38. The van der Waals surface area contributed by atoms with Crippen molar-refractivity contribution in [2.75, 3.05) is 33.2 Å². The van der Waals surface area contributed by atoms with Crippen molar-refractivity contribution >= 4 is 0 Å². The molecule has 0 radical (unpaired) electrons. The molecule has 0 aromatic heterocycles. The molecule has 1 saturated carbocycles. The van der Waals surface area contributed by atoms with Crippen LogP contribution in [0.25, 0.3) is 0 Å². The Bertz CT molecular complexity index is 433. The lowest BCUT2D eigenvalue weighted by Crippen LogP contribution is -2.47. The Balaban J connectivity index is 1.64. The van der Waals surface area contributed by atoms with Crippen LogP contribution in [0.1, 0.15) is 37.3 Å². The minimum absolute atomic E-state index is 0.452. The van der Waals surface area contributed by atoms with E-state index in [0.29, 0.717) is 12.1 Å². The quantitative estimate of drug-likeness (QED) is 0.923. The zero-order chi connectivity index (χ0) is 14.7. The Kier molecular flexibility index (Phi) is 4.94. The molecule has 3 rings (SSSR count). The smallest absolute Gasteiger partial charge is 0.0475 e. The van der Waals surface area contributed by atoms with Gasteiger partial charge < -0.3 is 10.6 Å². The third kappa shape index (κ3) is 3.65. The highest BCUT2D eigenvalue weighted by atomic mass is 15.3. The van der Waals surface area contributed by atoms with Gasteiger partial charge in [0.15, 0.2) is 0 Å². The Morgan fingerprint density at radius 2 is 1.95 bits per heavy atom.